The monoisotopic (exact) mass is 192 g/mol. The van der Waals surface area contributed by atoms with Crippen molar-refractivity contribution in [2.75, 3.05) is 0 Å². The van der Waals surface area contributed by atoms with Crippen LogP contribution in [0, 0.1) is 0 Å². The van der Waals surface area contributed by atoms with Crippen LogP contribution in [0.25, 0.3) is 0 Å². The minimum Gasteiger partial charge on any atom is -0.137 e. The molecule has 0 heterocycles. The van der Waals surface area contributed by atoms with Crippen LogP contribution in [0.4, 0.5) is 0 Å². The third-order valence-electron chi connectivity index (χ3n) is 1.06. The van der Waals surface area contributed by atoms with Crippen LogP contribution >= 0.6 is 17.0 Å². The standard InChI is InChI=1S/C4H9.BrH.Mg.H3Si/c1-4(2)3;;;/h1-3H3;1H;;1H3. The fraction of sp³-hybridized carbons (Fsp3) is 1.00. The first-order chi connectivity index (χ1) is 2.56. The molecule has 42 valence electrons. The Balaban J connectivity index is 0. The van der Waals surface area contributed by atoms with Crippen LogP contribution in [0.2, 0.25) is 3.54 Å². The Morgan fingerprint density at radius 1 is 1.29 bits per heavy atom. The zero-order valence-corrected chi connectivity index (χ0v) is 10.7. The van der Waals surface area contributed by atoms with Gasteiger partial charge in [-0.05, 0) is 0 Å². The molecule has 0 nitrogen and oxygen atoms in total. The molecular weight excluding hydrogens is 180 g/mol. The Bertz CT molecular complexity index is 41.4. The van der Waals surface area contributed by atoms with Crippen molar-refractivity contribution in [3.05, 3.63) is 0 Å². The van der Waals surface area contributed by atoms with E-state index in [4.69, 9.17) is 0 Å². The summed E-state index contributed by atoms with van der Waals surface area (Å²) in [5.74, 6) is 0. The summed E-state index contributed by atoms with van der Waals surface area (Å²) in [6.07, 6.45) is 0. The van der Waals surface area contributed by atoms with Gasteiger partial charge in [0.25, 0.3) is 0 Å². The zero-order chi connectivity index (χ0) is 5.21. The number of halogens is 1. The van der Waals surface area contributed by atoms with Crippen LogP contribution in [-0.2, 0) is 0 Å². The van der Waals surface area contributed by atoms with Crippen molar-refractivity contribution in [3.8, 4) is 0 Å². The summed E-state index contributed by atoms with van der Waals surface area (Å²) in [4.78, 5) is 0. The predicted octanol–water partition coefficient (Wildman–Crippen LogP) is 0.767. The smallest absolute Gasteiger partial charge is 0.137 e. The highest BCUT2D eigenvalue weighted by molar-refractivity contribution is 8.93. The lowest BCUT2D eigenvalue weighted by molar-refractivity contribution is 0.763. The average Bonchev–Trinajstić information content (AvgIpc) is 1.35. The van der Waals surface area contributed by atoms with Gasteiger partial charge in [-0.2, -0.15) is 0 Å². The topological polar surface area (TPSA) is 0 Å². The summed E-state index contributed by atoms with van der Waals surface area (Å²) in [5.41, 5.74) is 0. The van der Waals surface area contributed by atoms with Gasteiger partial charge in [0.05, 0.1) is 0 Å². The fourth-order valence-corrected chi connectivity index (χ4v) is 0. The van der Waals surface area contributed by atoms with Crippen molar-refractivity contribution in [2.45, 2.75) is 24.3 Å². The molecule has 0 aliphatic heterocycles. The van der Waals surface area contributed by atoms with Gasteiger partial charge in [0.15, 0.2) is 0 Å². The molecule has 0 radical (unpaired) electrons. The highest BCUT2D eigenvalue weighted by atomic mass is 79.9. The van der Waals surface area contributed by atoms with Crippen molar-refractivity contribution in [2.24, 2.45) is 0 Å². The molecule has 3 heteroatoms. The average molecular weight is 193 g/mol. The quantitative estimate of drug-likeness (QED) is 0.499. The number of rotatable bonds is 0. The Hall–Kier alpha value is 1.46. The SMILES string of the molecule is Br.C[C](C)(C)[Mg][SiH3]. The van der Waals surface area contributed by atoms with Crippen LogP contribution in [0.5, 0.6) is 0 Å². The Morgan fingerprint density at radius 3 is 1.43 bits per heavy atom. The third kappa shape index (κ3) is 11.2. The molecule has 0 spiro atoms. The molecule has 0 aliphatic rings. The first-order valence-electron chi connectivity index (χ1n) is 2.56. The van der Waals surface area contributed by atoms with Gasteiger partial charge < -0.3 is 0 Å². The van der Waals surface area contributed by atoms with Crippen molar-refractivity contribution >= 4 is 44.5 Å². The largest absolute Gasteiger partial charge is 0.358 e. The normalized spacial score (nSPS) is 9.57. The Morgan fingerprint density at radius 2 is 1.43 bits per heavy atom. The molecule has 0 aromatic heterocycles. The predicted molar refractivity (Wildman–Crippen MR) is 45.7 cm³/mol. The molecule has 0 aromatic rings. The van der Waals surface area contributed by atoms with Gasteiger partial charge in [0.2, 0.25) is 0 Å². The van der Waals surface area contributed by atoms with E-state index >= 15 is 0 Å². The lowest BCUT2D eigenvalue weighted by atomic mass is 10.2. The van der Waals surface area contributed by atoms with E-state index in [1.165, 1.54) is 7.89 Å². The molecule has 0 fully saturated rings. The molecular formula is C4H13BrMgSi. The third-order valence-corrected chi connectivity index (χ3v) is 9.55. The molecule has 0 saturated carbocycles. The van der Waals surface area contributed by atoms with Gasteiger partial charge in [-0.25, -0.2) is 0 Å². The summed E-state index contributed by atoms with van der Waals surface area (Å²) in [6.45, 7) is 7.02. The van der Waals surface area contributed by atoms with Crippen molar-refractivity contribution in [3.63, 3.8) is 0 Å². The van der Waals surface area contributed by atoms with E-state index in [9.17, 15) is 0 Å². The van der Waals surface area contributed by atoms with Crippen LogP contribution in [0.15, 0.2) is 0 Å². The van der Waals surface area contributed by atoms with E-state index in [0.717, 1.165) is 3.54 Å². The van der Waals surface area contributed by atoms with Gasteiger partial charge >= 0.3 is 19.6 Å². The number of hydrogen-bond donors (Lipinski definition) is 0. The molecule has 0 aliphatic carbocycles. The fourth-order valence-electron chi connectivity index (χ4n) is 0. The first-order valence-corrected chi connectivity index (χ1v) is 8.92. The highest BCUT2D eigenvalue weighted by Gasteiger charge is 2.07. The van der Waals surface area contributed by atoms with E-state index in [-0.39, 0.29) is 17.0 Å². The summed E-state index contributed by atoms with van der Waals surface area (Å²) in [6, 6.07) is 0. The van der Waals surface area contributed by atoms with Crippen molar-refractivity contribution in [1.82, 2.24) is 0 Å². The van der Waals surface area contributed by atoms with Crippen LogP contribution in [0.1, 0.15) is 20.8 Å². The maximum Gasteiger partial charge on any atom is 0.358 e. The molecule has 0 aromatic carbocycles. The zero-order valence-electron chi connectivity index (χ0n) is 5.62. The van der Waals surface area contributed by atoms with E-state index in [2.05, 4.69) is 20.8 Å². The second kappa shape index (κ2) is 4.35. The van der Waals surface area contributed by atoms with Crippen molar-refractivity contribution < 1.29 is 0 Å². The van der Waals surface area contributed by atoms with Gasteiger partial charge in [0.1, 0.15) is 0 Å². The number of hydrogen-bond acceptors (Lipinski definition) is 0. The van der Waals surface area contributed by atoms with Gasteiger partial charge in [-0.3, -0.25) is 0 Å². The molecule has 0 saturated heterocycles. The maximum absolute atomic E-state index is 2.34. The lowest BCUT2D eigenvalue weighted by Gasteiger charge is -2.12. The van der Waals surface area contributed by atoms with Crippen LogP contribution < -0.4 is 0 Å². The Kier molecular flexibility index (Phi) is 7.02. The second-order valence-electron chi connectivity index (χ2n) is 2.91. The van der Waals surface area contributed by atoms with E-state index in [0.29, 0.717) is 19.6 Å². The van der Waals surface area contributed by atoms with Gasteiger partial charge in [-0.1, -0.05) is 20.8 Å². The summed E-state index contributed by atoms with van der Waals surface area (Å²) in [7, 11) is 1.49. The molecule has 0 atom stereocenters. The molecule has 0 N–H and O–H groups in total. The first kappa shape index (κ1) is 11.3. The maximum atomic E-state index is 2.34. The minimum atomic E-state index is 0. The molecule has 0 bridgehead atoms. The lowest BCUT2D eigenvalue weighted by Crippen LogP contribution is -2.06. The molecule has 0 amide bonds. The van der Waals surface area contributed by atoms with Gasteiger partial charge in [-0.15, -0.1) is 28.4 Å². The van der Waals surface area contributed by atoms with E-state index in [1.54, 1.807) is 0 Å². The van der Waals surface area contributed by atoms with Crippen LogP contribution in [-0.4, -0.2) is 27.5 Å². The molecule has 0 rings (SSSR count). The summed E-state index contributed by atoms with van der Waals surface area (Å²) in [5, 5.41) is 0. The van der Waals surface area contributed by atoms with Crippen molar-refractivity contribution in [1.29, 1.82) is 0 Å². The molecule has 7 heavy (non-hydrogen) atoms. The Labute approximate surface area is 68.5 Å². The summed E-state index contributed by atoms with van der Waals surface area (Å²) >= 11 is 0.391. The van der Waals surface area contributed by atoms with E-state index < -0.39 is 0 Å². The second-order valence-corrected chi connectivity index (χ2v) is 7.86. The summed E-state index contributed by atoms with van der Waals surface area (Å²) < 4.78 is 0.742. The highest BCUT2D eigenvalue weighted by Crippen LogP contribution is 2.17. The van der Waals surface area contributed by atoms with E-state index in [1.807, 2.05) is 0 Å². The van der Waals surface area contributed by atoms with Gasteiger partial charge in [0, 0.05) is 0 Å². The molecule has 0 unspecified atom stereocenters. The van der Waals surface area contributed by atoms with Crippen LogP contribution in [0.3, 0.4) is 0 Å². The minimum absolute atomic E-state index is 0.